The first-order valence-electron chi connectivity index (χ1n) is 10.7. The molecule has 2 aromatic carbocycles. The van der Waals surface area contributed by atoms with E-state index in [9.17, 15) is 9.59 Å². The molecule has 0 saturated heterocycles. The zero-order valence-electron chi connectivity index (χ0n) is 18.7. The van der Waals surface area contributed by atoms with Crippen LogP contribution in [0.25, 0.3) is 11.1 Å². The van der Waals surface area contributed by atoms with Crippen LogP contribution in [-0.4, -0.2) is 25.6 Å². The van der Waals surface area contributed by atoms with Crippen molar-refractivity contribution in [2.24, 2.45) is 5.92 Å². The van der Waals surface area contributed by atoms with Gasteiger partial charge in [-0.2, -0.15) is 0 Å². The van der Waals surface area contributed by atoms with E-state index in [0.717, 1.165) is 40.0 Å². The van der Waals surface area contributed by atoms with Gasteiger partial charge in [-0.1, -0.05) is 35.9 Å². The van der Waals surface area contributed by atoms with Crippen molar-refractivity contribution in [3.63, 3.8) is 0 Å². The monoisotopic (exact) mass is 449 g/mol. The van der Waals surface area contributed by atoms with E-state index in [1.807, 2.05) is 55.6 Å². The zero-order valence-corrected chi connectivity index (χ0v) is 19.5. The number of benzene rings is 2. The summed E-state index contributed by atoms with van der Waals surface area (Å²) in [5.74, 6) is 0.398. The van der Waals surface area contributed by atoms with Gasteiger partial charge in [-0.05, 0) is 61.9 Å². The number of carbonyl (C=O) groups is 2. The van der Waals surface area contributed by atoms with Crippen molar-refractivity contribution < 1.29 is 19.1 Å². The number of thiophene rings is 1. The van der Waals surface area contributed by atoms with Gasteiger partial charge in [-0.25, -0.2) is 4.79 Å². The normalized spacial score (nSPS) is 17.0. The molecule has 5 nitrogen and oxygen atoms in total. The molecule has 0 radical (unpaired) electrons. The lowest BCUT2D eigenvalue weighted by molar-refractivity contribution is -0.117. The van der Waals surface area contributed by atoms with Crippen LogP contribution in [0.5, 0.6) is 5.75 Å². The summed E-state index contributed by atoms with van der Waals surface area (Å²) < 4.78 is 10.5. The van der Waals surface area contributed by atoms with Gasteiger partial charge in [0.2, 0.25) is 5.91 Å². The molecule has 1 N–H and O–H groups in total. The highest BCUT2D eigenvalue weighted by Gasteiger charge is 2.44. The van der Waals surface area contributed by atoms with Gasteiger partial charge < -0.3 is 14.8 Å². The number of nitrogens with one attached hydrogen (secondary N) is 1. The number of amides is 1. The number of methoxy groups -OCH3 is 1. The van der Waals surface area contributed by atoms with E-state index in [1.54, 1.807) is 14.0 Å². The first-order chi connectivity index (χ1) is 15.4. The summed E-state index contributed by atoms with van der Waals surface area (Å²) >= 11 is 1.36. The Bertz CT molecular complexity index is 1150. The Labute approximate surface area is 192 Å². The van der Waals surface area contributed by atoms with E-state index < -0.39 is 5.97 Å². The second-order valence-electron chi connectivity index (χ2n) is 8.10. The summed E-state index contributed by atoms with van der Waals surface area (Å²) in [5.41, 5.74) is 5.55. The van der Waals surface area contributed by atoms with E-state index in [4.69, 9.17) is 9.47 Å². The van der Waals surface area contributed by atoms with Gasteiger partial charge >= 0.3 is 5.97 Å². The molecule has 0 aliphatic heterocycles. The van der Waals surface area contributed by atoms with Crippen molar-refractivity contribution in [1.29, 1.82) is 0 Å². The minimum Gasteiger partial charge on any atom is -0.497 e. The first-order valence-corrected chi connectivity index (χ1v) is 11.6. The average Bonchev–Trinajstić information content (AvgIpc) is 3.48. The Balaban J connectivity index is 1.57. The number of ether oxygens (including phenoxy) is 2. The average molecular weight is 450 g/mol. The second kappa shape index (κ2) is 9.17. The first kappa shape index (κ1) is 22.1. The lowest BCUT2D eigenvalue weighted by Crippen LogP contribution is -2.16. The standard InChI is InChI=1S/C26H27NO4S/c1-5-31-26(29)23-22(19-11-6-15(2)12-16(19)3)14-32-25(23)27-24(28)21-13-20(21)17-7-9-18(30-4)10-8-17/h6-12,14,20-21H,5,13H2,1-4H3,(H,27,28). The Morgan fingerprint density at radius 1 is 1.09 bits per heavy atom. The molecule has 1 aromatic heterocycles. The molecule has 1 aliphatic rings. The van der Waals surface area contributed by atoms with Crippen molar-refractivity contribution >= 4 is 28.2 Å². The highest BCUT2D eigenvalue weighted by molar-refractivity contribution is 7.15. The minimum absolute atomic E-state index is 0.0644. The van der Waals surface area contributed by atoms with Crippen LogP contribution in [-0.2, 0) is 9.53 Å². The molecule has 1 amide bonds. The molecule has 6 heteroatoms. The summed E-state index contributed by atoms with van der Waals surface area (Å²) in [5, 5.41) is 5.48. The molecule has 1 heterocycles. The van der Waals surface area contributed by atoms with Crippen LogP contribution >= 0.6 is 11.3 Å². The van der Waals surface area contributed by atoms with Crippen molar-refractivity contribution in [3.8, 4) is 16.9 Å². The maximum absolute atomic E-state index is 13.0. The van der Waals surface area contributed by atoms with Gasteiger partial charge in [0.05, 0.1) is 13.7 Å². The maximum atomic E-state index is 13.0. The smallest absolute Gasteiger partial charge is 0.341 e. The maximum Gasteiger partial charge on any atom is 0.341 e. The second-order valence-corrected chi connectivity index (χ2v) is 8.98. The van der Waals surface area contributed by atoms with Gasteiger partial charge in [0.25, 0.3) is 0 Å². The summed E-state index contributed by atoms with van der Waals surface area (Å²) in [4.78, 5) is 25.8. The summed E-state index contributed by atoms with van der Waals surface area (Å²) in [6.45, 7) is 6.12. The molecule has 32 heavy (non-hydrogen) atoms. The number of anilines is 1. The number of carbonyl (C=O) groups excluding carboxylic acids is 2. The van der Waals surface area contributed by atoms with Gasteiger partial charge in [0.1, 0.15) is 16.3 Å². The molecule has 2 atom stereocenters. The predicted octanol–water partition coefficient (Wildman–Crippen LogP) is 5.96. The molecule has 1 fully saturated rings. The highest BCUT2D eigenvalue weighted by atomic mass is 32.1. The Kier molecular flexibility index (Phi) is 6.33. The number of aryl methyl sites for hydroxylation is 2. The number of hydrogen-bond acceptors (Lipinski definition) is 5. The van der Waals surface area contributed by atoms with E-state index in [1.165, 1.54) is 11.3 Å². The summed E-state index contributed by atoms with van der Waals surface area (Å²) in [7, 11) is 1.64. The fraction of sp³-hybridized carbons (Fsp3) is 0.308. The number of hydrogen-bond donors (Lipinski definition) is 1. The van der Waals surface area contributed by atoms with Crippen LogP contribution in [0.1, 0.15) is 46.3 Å². The van der Waals surface area contributed by atoms with Crippen LogP contribution in [0.4, 0.5) is 5.00 Å². The summed E-state index contributed by atoms with van der Waals surface area (Å²) in [6.07, 6.45) is 0.794. The molecule has 1 saturated carbocycles. The van der Waals surface area contributed by atoms with Crippen LogP contribution in [0.15, 0.2) is 47.8 Å². The fourth-order valence-electron chi connectivity index (χ4n) is 4.08. The minimum atomic E-state index is -0.415. The Hall–Kier alpha value is -3.12. The van der Waals surface area contributed by atoms with Gasteiger partial charge in [0, 0.05) is 16.9 Å². The third kappa shape index (κ3) is 4.41. The lowest BCUT2D eigenvalue weighted by atomic mass is 9.97. The predicted molar refractivity (Wildman–Crippen MR) is 128 cm³/mol. The van der Waals surface area contributed by atoms with Gasteiger partial charge in [0.15, 0.2) is 0 Å². The van der Waals surface area contributed by atoms with Crippen molar-refractivity contribution in [2.75, 3.05) is 19.0 Å². The fourth-order valence-corrected chi connectivity index (χ4v) is 5.03. The molecule has 166 valence electrons. The molecular weight excluding hydrogens is 422 g/mol. The van der Waals surface area contributed by atoms with Crippen LogP contribution in [0, 0.1) is 19.8 Å². The van der Waals surface area contributed by atoms with E-state index in [2.05, 4.69) is 11.4 Å². The zero-order chi connectivity index (χ0) is 22.8. The van der Waals surface area contributed by atoms with Gasteiger partial charge in [-0.15, -0.1) is 11.3 Å². The van der Waals surface area contributed by atoms with Crippen molar-refractivity contribution in [3.05, 3.63) is 70.1 Å². The third-order valence-corrected chi connectivity index (χ3v) is 6.75. The van der Waals surface area contributed by atoms with Crippen molar-refractivity contribution in [1.82, 2.24) is 0 Å². The largest absolute Gasteiger partial charge is 0.497 e. The highest BCUT2D eigenvalue weighted by Crippen LogP contribution is 2.49. The van der Waals surface area contributed by atoms with Gasteiger partial charge in [-0.3, -0.25) is 4.79 Å². The van der Waals surface area contributed by atoms with E-state index >= 15 is 0 Å². The molecule has 0 bridgehead atoms. The third-order valence-electron chi connectivity index (χ3n) is 5.85. The van der Waals surface area contributed by atoms with E-state index in [-0.39, 0.29) is 24.3 Å². The SMILES string of the molecule is CCOC(=O)c1c(-c2ccc(C)cc2C)csc1NC(=O)C1CC1c1ccc(OC)cc1. The molecular formula is C26H27NO4S. The molecule has 4 rings (SSSR count). The number of esters is 1. The number of rotatable bonds is 7. The lowest BCUT2D eigenvalue weighted by Gasteiger charge is -2.11. The topological polar surface area (TPSA) is 64.6 Å². The van der Waals surface area contributed by atoms with Crippen LogP contribution in [0.3, 0.4) is 0 Å². The summed E-state index contributed by atoms with van der Waals surface area (Å²) in [6, 6.07) is 14.0. The quantitative estimate of drug-likeness (QED) is 0.452. The van der Waals surface area contributed by atoms with E-state index in [0.29, 0.717) is 10.6 Å². The molecule has 1 aliphatic carbocycles. The Morgan fingerprint density at radius 2 is 1.84 bits per heavy atom. The van der Waals surface area contributed by atoms with Crippen LogP contribution < -0.4 is 10.1 Å². The van der Waals surface area contributed by atoms with Crippen LogP contribution in [0.2, 0.25) is 0 Å². The molecule has 2 unspecified atom stereocenters. The Morgan fingerprint density at radius 3 is 2.50 bits per heavy atom. The van der Waals surface area contributed by atoms with Crippen molar-refractivity contribution in [2.45, 2.75) is 33.1 Å². The molecule has 0 spiro atoms. The molecule has 3 aromatic rings.